The molecule has 0 fully saturated rings. The largest absolute Gasteiger partial charge is 0.416 e. The maximum atomic E-state index is 13.8. The number of rotatable bonds is 3. The van der Waals surface area contributed by atoms with Crippen LogP contribution in [0.15, 0.2) is 34.7 Å². The predicted octanol–water partition coefficient (Wildman–Crippen LogP) is 3.84. The average Bonchev–Trinajstić information content (AvgIpc) is 2.89. The average molecular weight is 339 g/mol. The first-order chi connectivity index (χ1) is 9.64. The number of thiazole rings is 1. The zero-order chi connectivity index (χ0) is 15.8. The van der Waals surface area contributed by atoms with E-state index in [1.807, 2.05) is 0 Å². The van der Waals surface area contributed by atoms with Gasteiger partial charge in [-0.1, -0.05) is 0 Å². The van der Waals surface area contributed by atoms with E-state index in [0.717, 1.165) is 11.3 Å². The van der Waals surface area contributed by atoms with Crippen LogP contribution in [-0.2, 0) is 16.0 Å². The molecule has 0 radical (unpaired) electrons. The van der Waals surface area contributed by atoms with Crippen molar-refractivity contribution in [1.29, 1.82) is 0 Å². The molecule has 0 aliphatic carbocycles. The third-order valence-corrected chi connectivity index (χ3v) is 6.04. The third kappa shape index (κ3) is 3.08. The first-order valence-electron chi connectivity index (χ1n) is 5.64. The summed E-state index contributed by atoms with van der Waals surface area (Å²) in [5.74, 6) is -1.42. The quantitative estimate of drug-likeness (QED) is 0.799. The molecule has 2 aromatic rings. The number of benzene rings is 1. The van der Waals surface area contributed by atoms with Crippen molar-refractivity contribution in [3.8, 4) is 0 Å². The van der Waals surface area contributed by atoms with Crippen LogP contribution in [0, 0.1) is 5.82 Å². The van der Waals surface area contributed by atoms with E-state index < -0.39 is 37.5 Å². The first kappa shape index (κ1) is 15.9. The summed E-state index contributed by atoms with van der Waals surface area (Å²) in [5.41, 5.74) is -1.24. The molecule has 1 heterocycles. The number of aromatic nitrogens is 1. The summed E-state index contributed by atoms with van der Waals surface area (Å²) in [6.45, 7) is 1.31. The van der Waals surface area contributed by atoms with Crippen LogP contribution < -0.4 is 0 Å². The topological polar surface area (TPSA) is 47.0 Å². The smallest absolute Gasteiger partial charge is 0.248 e. The van der Waals surface area contributed by atoms with Gasteiger partial charge >= 0.3 is 6.18 Å². The molecule has 0 saturated heterocycles. The molecule has 0 amide bonds. The van der Waals surface area contributed by atoms with E-state index in [2.05, 4.69) is 4.98 Å². The van der Waals surface area contributed by atoms with E-state index >= 15 is 0 Å². The van der Waals surface area contributed by atoms with Crippen LogP contribution in [0.25, 0.3) is 0 Å². The molecule has 0 spiro atoms. The van der Waals surface area contributed by atoms with Gasteiger partial charge in [-0.15, -0.1) is 11.3 Å². The molecule has 0 aliphatic heterocycles. The normalized spacial score (nSPS) is 14.1. The van der Waals surface area contributed by atoms with Gasteiger partial charge in [0.1, 0.15) is 21.0 Å². The van der Waals surface area contributed by atoms with Crippen molar-refractivity contribution >= 4 is 21.2 Å². The molecule has 0 bridgehead atoms. The van der Waals surface area contributed by atoms with Crippen molar-refractivity contribution in [3.63, 3.8) is 0 Å². The highest BCUT2D eigenvalue weighted by molar-refractivity contribution is 7.91. The van der Waals surface area contributed by atoms with Gasteiger partial charge in [-0.05, 0) is 25.1 Å². The highest BCUT2D eigenvalue weighted by atomic mass is 32.2. The highest BCUT2D eigenvalue weighted by Crippen LogP contribution is 2.34. The van der Waals surface area contributed by atoms with Gasteiger partial charge in [-0.25, -0.2) is 17.8 Å². The second-order valence-electron chi connectivity index (χ2n) is 4.20. The van der Waals surface area contributed by atoms with Crippen LogP contribution in [-0.4, -0.2) is 13.4 Å². The Hall–Kier alpha value is -1.48. The van der Waals surface area contributed by atoms with Gasteiger partial charge in [0, 0.05) is 11.6 Å². The van der Waals surface area contributed by atoms with Gasteiger partial charge in [0.15, 0.2) is 9.84 Å². The van der Waals surface area contributed by atoms with Crippen LogP contribution in [0.3, 0.4) is 0 Å². The molecule has 3 nitrogen and oxygen atoms in total. The van der Waals surface area contributed by atoms with Gasteiger partial charge in [-0.3, -0.25) is 0 Å². The summed E-state index contributed by atoms with van der Waals surface area (Å²) >= 11 is 1.07. The second kappa shape index (κ2) is 5.38. The van der Waals surface area contributed by atoms with Crippen molar-refractivity contribution < 1.29 is 26.0 Å². The standard InChI is InChI=1S/C12H9F4NO2S2/c1-7(11-17-4-5-20-11)21(18,19)10-3-2-8(6-9(10)13)12(14,15)16/h2-7H,1H3. The number of alkyl halides is 3. The Morgan fingerprint density at radius 3 is 2.43 bits per heavy atom. The van der Waals surface area contributed by atoms with E-state index in [9.17, 15) is 26.0 Å². The van der Waals surface area contributed by atoms with Crippen LogP contribution in [0.5, 0.6) is 0 Å². The second-order valence-corrected chi connectivity index (χ2v) is 7.36. The Morgan fingerprint density at radius 2 is 1.95 bits per heavy atom. The van der Waals surface area contributed by atoms with E-state index in [0.29, 0.717) is 12.1 Å². The van der Waals surface area contributed by atoms with E-state index in [4.69, 9.17) is 0 Å². The van der Waals surface area contributed by atoms with Gasteiger partial charge in [-0.2, -0.15) is 13.2 Å². The van der Waals surface area contributed by atoms with Crippen LogP contribution in [0.4, 0.5) is 17.6 Å². The summed E-state index contributed by atoms with van der Waals surface area (Å²) in [4.78, 5) is 3.07. The monoisotopic (exact) mass is 339 g/mol. The molecule has 2 rings (SSSR count). The summed E-state index contributed by atoms with van der Waals surface area (Å²) in [6, 6.07) is 1.36. The number of hydrogen-bond donors (Lipinski definition) is 0. The lowest BCUT2D eigenvalue weighted by Crippen LogP contribution is -2.14. The van der Waals surface area contributed by atoms with E-state index in [-0.39, 0.29) is 11.1 Å². The lowest BCUT2D eigenvalue weighted by molar-refractivity contribution is -0.137. The van der Waals surface area contributed by atoms with Gasteiger partial charge in [0.25, 0.3) is 0 Å². The maximum Gasteiger partial charge on any atom is 0.416 e. The Labute approximate surface area is 122 Å². The molecule has 0 saturated carbocycles. The van der Waals surface area contributed by atoms with Crippen LogP contribution in [0.2, 0.25) is 0 Å². The first-order valence-corrected chi connectivity index (χ1v) is 8.06. The summed E-state index contributed by atoms with van der Waals surface area (Å²) in [6.07, 6.45) is -3.33. The number of halogens is 4. The molecule has 1 aromatic heterocycles. The van der Waals surface area contributed by atoms with Gasteiger partial charge in [0.2, 0.25) is 0 Å². The summed E-state index contributed by atoms with van der Waals surface area (Å²) < 4.78 is 75.7. The van der Waals surface area contributed by atoms with Crippen LogP contribution >= 0.6 is 11.3 Å². The minimum absolute atomic E-state index is 0.182. The number of sulfone groups is 1. The number of hydrogen-bond acceptors (Lipinski definition) is 4. The summed E-state index contributed by atoms with van der Waals surface area (Å²) in [5, 5.41) is 0.669. The Bertz CT molecular complexity index is 739. The van der Waals surface area contributed by atoms with Gasteiger partial charge in [0.05, 0.1) is 5.56 Å². The molecule has 1 unspecified atom stereocenters. The van der Waals surface area contributed by atoms with Crippen molar-refractivity contribution in [2.24, 2.45) is 0 Å². The number of nitrogens with zero attached hydrogens (tertiary/aromatic N) is 1. The zero-order valence-electron chi connectivity index (χ0n) is 10.6. The molecule has 1 atom stereocenters. The van der Waals surface area contributed by atoms with E-state index in [1.165, 1.54) is 13.1 Å². The molecule has 9 heteroatoms. The van der Waals surface area contributed by atoms with Crippen molar-refractivity contribution in [3.05, 3.63) is 46.2 Å². The predicted molar refractivity (Wildman–Crippen MR) is 69.1 cm³/mol. The molecule has 1 aromatic carbocycles. The fourth-order valence-electron chi connectivity index (χ4n) is 1.67. The Balaban J connectivity index is 2.46. The third-order valence-electron chi connectivity index (χ3n) is 2.83. The Morgan fingerprint density at radius 1 is 1.29 bits per heavy atom. The van der Waals surface area contributed by atoms with Crippen molar-refractivity contribution in [1.82, 2.24) is 4.98 Å². The molecular weight excluding hydrogens is 330 g/mol. The zero-order valence-corrected chi connectivity index (χ0v) is 12.2. The minimum Gasteiger partial charge on any atom is -0.248 e. The van der Waals surface area contributed by atoms with Crippen LogP contribution in [0.1, 0.15) is 22.7 Å². The molecule has 114 valence electrons. The fraction of sp³-hybridized carbons (Fsp3) is 0.250. The maximum absolute atomic E-state index is 13.8. The summed E-state index contributed by atoms with van der Waals surface area (Å²) in [7, 11) is -4.15. The Kier molecular flexibility index (Phi) is 4.07. The SMILES string of the molecule is CC(c1nccs1)S(=O)(=O)c1ccc(C(F)(F)F)cc1F. The molecular formula is C12H9F4NO2S2. The minimum atomic E-state index is -4.73. The van der Waals surface area contributed by atoms with E-state index in [1.54, 1.807) is 5.38 Å². The molecule has 0 N–H and O–H groups in total. The fourth-order valence-corrected chi connectivity index (χ4v) is 4.08. The highest BCUT2D eigenvalue weighted by Gasteiger charge is 2.34. The molecule has 0 aliphatic rings. The van der Waals surface area contributed by atoms with Crippen molar-refractivity contribution in [2.75, 3.05) is 0 Å². The van der Waals surface area contributed by atoms with Gasteiger partial charge < -0.3 is 0 Å². The van der Waals surface area contributed by atoms with Crippen molar-refractivity contribution in [2.45, 2.75) is 23.2 Å². The lowest BCUT2D eigenvalue weighted by atomic mass is 10.2. The lowest BCUT2D eigenvalue weighted by Gasteiger charge is -2.13. The molecule has 21 heavy (non-hydrogen) atoms.